The molecule has 362 valence electrons. The van der Waals surface area contributed by atoms with Crippen molar-refractivity contribution in [2.45, 2.75) is 314 Å². The second kappa shape index (κ2) is 49.8. The highest BCUT2D eigenvalue weighted by Crippen LogP contribution is 2.17. The number of hydrogen-bond acceptors (Lipinski definition) is 5. The standard InChI is InChI=1S/C55H107NO5/c1-3-5-7-9-11-12-13-14-15-16-17-18-19-20-21-22-23-24-25-26-27-28-29-30-31-32-33-34-35-36-37-38-39-40-41-43-45-47-49-53(59)55(61)56-51(50-57)54(60)52(58)48-46-44-42-10-8-6-4-2/h23-24,26-27,51-54,57-60H,3-22,25,28-50H2,1-2H3,(H,56,61)/b24-23-,27-26-. The minimum Gasteiger partial charge on any atom is -0.394 e. The molecule has 0 saturated carbocycles. The van der Waals surface area contributed by atoms with Gasteiger partial charge in [-0.2, -0.15) is 0 Å². The number of unbranched alkanes of at least 4 members (excludes halogenated alkanes) is 37. The summed E-state index contributed by atoms with van der Waals surface area (Å²) in [7, 11) is 0. The Bertz CT molecular complexity index is 924. The molecule has 1 amide bonds. The molecule has 6 nitrogen and oxygen atoms in total. The molecule has 0 radical (unpaired) electrons. The van der Waals surface area contributed by atoms with E-state index in [1.54, 1.807) is 0 Å². The zero-order valence-electron chi connectivity index (χ0n) is 40.9. The second-order valence-corrected chi connectivity index (χ2v) is 18.9. The molecule has 0 fully saturated rings. The van der Waals surface area contributed by atoms with Crippen LogP contribution in [0.5, 0.6) is 0 Å². The highest BCUT2D eigenvalue weighted by molar-refractivity contribution is 5.80. The summed E-state index contributed by atoms with van der Waals surface area (Å²) in [6.45, 7) is 4.01. The summed E-state index contributed by atoms with van der Waals surface area (Å²) in [6, 6.07) is -0.981. The van der Waals surface area contributed by atoms with Gasteiger partial charge in [0.15, 0.2) is 0 Å². The van der Waals surface area contributed by atoms with Crippen molar-refractivity contribution in [3.05, 3.63) is 24.3 Å². The van der Waals surface area contributed by atoms with Gasteiger partial charge in [0, 0.05) is 0 Å². The van der Waals surface area contributed by atoms with Gasteiger partial charge < -0.3 is 25.7 Å². The number of carbonyl (C=O) groups excluding carboxylic acids is 1. The summed E-state index contributed by atoms with van der Waals surface area (Å²) in [6.07, 6.45) is 60.1. The van der Waals surface area contributed by atoms with Crippen LogP contribution in [0, 0.1) is 0 Å². The van der Waals surface area contributed by atoms with Crippen LogP contribution >= 0.6 is 0 Å². The number of aliphatic hydroxyl groups excluding tert-OH is 4. The van der Waals surface area contributed by atoms with E-state index in [9.17, 15) is 25.2 Å². The van der Waals surface area contributed by atoms with Gasteiger partial charge in [-0.15, -0.1) is 0 Å². The van der Waals surface area contributed by atoms with Gasteiger partial charge in [-0.25, -0.2) is 0 Å². The maximum atomic E-state index is 12.5. The Morgan fingerprint density at radius 2 is 0.705 bits per heavy atom. The lowest BCUT2D eigenvalue weighted by atomic mass is 9.99. The van der Waals surface area contributed by atoms with E-state index in [1.165, 1.54) is 218 Å². The Morgan fingerprint density at radius 1 is 0.410 bits per heavy atom. The zero-order valence-corrected chi connectivity index (χ0v) is 40.9. The van der Waals surface area contributed by atoms with Crippen molar-refractivity contribution < 1.29 is 25.2 Å². The molecule has 61 heavy (non-hydrogen) atoms. The van der Waals surface area contributed by atoms with E-state index in [2.05, 4.69) is 43.5 Å². The molecule has 0 aliphatic carbocycles. The second-order valence-electron chi connectivity index (χ2n) is 18.9. The van der Waals surface area contributed by atoms with Crippen LogP contribution in [-0.2, 0) is 4.79 Å². The molecule has 4 atom stereocenters. The van der Waals surface area contributed by atoms with Crippen molar-refractivity contribution in [1.29, 1.82) is 0 Å². The molecule has 0 heterocycles. The molecule has 4 unspecified atom stereocenters. The average Bonchev–Trinajstić information content (AvgIpc) is 3.26. The lowest BCUT2D eigenvalue weighted by Crippen LogP contribution is -2.53. The van der Waals surface area contributed by atoms with Crippen LogP contribution < -0.4 is 5.32 Å². The van der Waals surface area contributed by atoms with Crippen molar-refractivity contribution in [3.8, 4) is 0 Å². The third kappa shape index (κ3) is 43.8. The van der Waals surface area contributed by atoms with Gasteiger partial charge in [-0.1, -0.05) is 269 Å². The fourth-order valence-corrected chi connectivity index (χ4v) is 8.61. The normalized spacial score (nSPS) is 14.0. The van der Waals surface area contributed by atoms with Crippen LogP contribution in [0.4, 0.5) is 0 Å². The summed E-state index contributed by atoms with van der Waals surface area (Å²) in [5, 5.41) is 43.5. The fourth-order valence-electron chi connectivity index (χ4n) is 8.61. The number of nitrogens with one attached hydrogen (secondary N) is 1. The molecule has 0 saturated heterocycles. The number of carbonyl (C=O) groups is 1. The summed E-state index contributed by atoms with van der Waals surface area (Å²) < 4.78 is 0. The molecule has 6 heteroatoms. The molecular weight excluding hydrogens is 755 g/mol. The van der Waals surface area contributed by atoms with Crippen molar-refractivity contribution in [2.75, 3.05) is 6.61 Å². The van der Waals surface area contributed by atoms with E-state index < -0.39 is 36.9 Å². The first-order valence-electron chi connectivity index (χ1n) is 27.2. The Kier molecular flexibility index (Phi) is 48.8. The van der Waals surface area contributed by atoms with Crippen LogP contribution in [0.15, 0.2) is 24.3 Å². The SMILES string of the molecule is CCCCCCCCCCCCCCCCC/C=C\C/C=C\CCCCCCCCCCCCCCCCCCC(O)C(=O)NC(CO)C(O)C(O)CCCCCCCCC. The van der Waals surface area contributed by atoms with Crippen LogP contribution in [0.25, 0.3) is 0 Å². The molecule has 0 spiro atoms. The van der Waals surface area contributed by atoms with Crippen molar-refractivity contribution in [2.24, 2.45) is 0 Å². The minimum atomic E-state index is -1.25. The Balaban J connectivity index is 3.47. The van der Waals surface area contributed by atoms with Crippen LogP contribution in [0.2, 0.25) is 0 Å². The van der Waals surface area contributed by atoms with Gasteiger partial charge in [0.25, 0.3) is 0 Å². The van der Waals surface area contributed by atoms with Crippen molar-refractivity contribution in [1.82, 2.24) is 5.32 Å². The number of aliphatic hydroxyl groups is 4. The van der Waals surface area contributed by atoms with Crippen molar-refractivity contribution >= 4 is 5.91 Å². The smallest absolute Gasteiger partial charge is 0.249 e. The first-order chi connectivity index (χ1) is 30.0. The summed E-state index contributed by atoms with van der Waals surface area (Å²) in [5.74, 6) is -0.585. The molecule has 0 aromatic rings. The highest BCUT2D eigenvalue weighted by atomic mass is 16.3. The minimum absolute atomic E-state index is 0.371. The van der Waals surface area contributed by atoms with Gasteiger partial charge >= 0.3 is 0 Å². The molecule has 0 rings (SSSR count). The third-order valence-corrected chi connectivity index (χ3v) is 12.9. The van der Waals surface area contributed by atoms with Crippen LogP contribution in [-0.4, -0.2) is 57.3 Å². The van der Waals surface area contributed by atoms with Crippen LogP contribution in [0.3, 0.4) is 0 Å². The number of hydrogen-bond donors (Lipinski definition) is 5. The number of rotatable bonds is 50. The van der Waals surface area contributed by atoms with E-state index >= 15 is 0 Å². The molecule has 0 bridgehead atoms. The Hall–Kier alpha value is -1.21. The van der Waals surface area contributed by atoms with Gasteiger partial charge in [-0.05, 0) is 44.9 Å². The molecule has 5 N–H and O–H groups in total. The van der Waals surface area contributed by atoms with E-state index in [0.717, 1.165) is 44.9 Å². The first-order valence-corrected chi connectivity index (χ1v) is 27.2. The van der Waals surface area contributed by atoms with E-state index in [1.807, 2.05) is 0 Å². The van der Waals surface area contributed by atoms with E-state index in [-0.39, 0.29) is 0 Å². The number of amides is 1. The van der Waals surface area contributed by atoms with Gasteiger partial charge in [0.1, 0.15) is 12.2 Å². The Morgan fingerprint density at radius 3 is 1.03 bits per heavy atom. The lowest BCUT2D eigenvalue weighted by Gasteiger charge is -2.27. The predicted molar refractivity (Wildman–Crippen MR) is 265 cm³/mol. The molecule has 0 aliphatic rings. The maximum Gasteiger partial charge on any atom is 0.249 e. The fraction of sp³-hybridized carbons (Fsp3) is 0.909. The molecule has 0 aromatic carbocycles. The van der Waals surface area contributed by atoms with E-state index in [4.69, 9.17) is 0 Å². The van der Waals surface area contributed by atoms with Gasteiger partial charge in [0.2, 0.25) is 5.91 Å². The zero-order chi connectivity index (χ0) is 44.5. The largest absolute Gasteiger partial charge is 0.394 e. The average molecular weight is 862 g/mol. The first kappa shape index (κ1) is 59.8. The Labute approximate surface area is 380 Å². The molecule has 0 aliphatic heterocycles. The van der Waals surface area contributed by atoms with Gasteiger partial charge in [0.05, 0.1) is 18.8 Å². The molecular formula is C55H107NO5. The summed E-state index contributed by atoms with van der Waals surface area (Å²) in [5.41, 5.74) is 0. The highest BCUT2D eigenvalue weighted by Gasteiger charge is 2.28. The summed E-state index contributed by atoms with van der Waals surface area (Å²) >= 11 is 0. The quantitative estimate of drug-likeness (QED) is 0.0309. The molecule has 0 aromatic heterocycles. The monoisotopic (exact) mass is 862 g/mol. The van der Waals surface area contributed by atoms with Crippen molar-refractivity contribution in [3.63, 3.8) is 0 Å². The maximum absolute atomic E-state index is 12.5. The van der Waals surface area contributed by atoms with E-state index in [0.29, 0.717) is 12.8 Å². The van der Waals surface area contributed by atoms with Gasteiger partial charge in [-0.3, -0.25) is 4.79 Å². The lowest BCUT2D eigenvalue weighted by molar-refractivity contribution is -0.132. The summed E-state index contributed by atoms with van der Waals surface area (Å²) in [4.78, 5) is 12.5. The number of allylic oxidation sites excluding steroid dienone is 4. The van der Waals surface area contributed by atoms with Crippen LogP contribution in [0.1, 0.15) is 290 Å². The predicted octanol–water partition coefficient (Wildman–Crippen LogP) is 15.5. The topological polar surface area (TPSA) is 110 Å². The third-order valence-electron chi connectivity index (χ3n) is 12.9.